The van der Waals surface area contributed by atoms with Gasteiger partial charge in [-0.1, -0.05) is 17.7 Å². The van der Waals surface area contributed by atoms with Crippen molar-refractivity contribution in [2.45, 2.75) is 81.7 Å². The monoisotopic (exact) mass is 972 g/mol. The van der Waals surface area contributed by atoms with E-state index in [1.807, 2.05) is 0 Å². The summed E-state index contributed by atoms with van der Waals surface area (Å²) in [7, 11) is -4.09. The fourth-order valence-electron chi connectivity index (χ4n) is 8.88. The Kier molecular flexibility index (Phi) is 10.7. The summed E-state index contributed by atoms with van der Waals surface area (Å²) >= 11 is 6.67. The Labute approximate surface area is 378 Å². The van der Waals surface area contributed by atoms with E-state index in [-0.39, 0.29) is 50.1 Å². The van der Waals surface area contributed by atoms with E-state index in [0.29, 0.717) is 40.5 Å². The topological polar surface area (TPSA) is 172 Å². The summed E-state index contributed by atoms with van der Waals surface area (Å²) in [6.07, 6.45) is -6.33. The fourth-order valence-corrected chi connectivity index (χ4v) is 10.5. The minimum Gasteiger partial charge on any atom is -0.344 e. The summed E-state index contributed by atoms with van der Waals surface area (Å²) in [5.41, 5.74) is -2.40. The van der Waals surface area contributed by atoms with E-state index in [4.69, 9.17) is 16.6 Å². The van der Waals surface area contributed by atoms with Crippen LogP contribution in [0.3, 0.4) is 0 Å². The quantitative estimate of drug-likeness (QED) is 0.102. The number of nitrogens with one attached hydrogen (secondary N) is 2. The number of fused-ring (bicyclic) bond motifs is 5. The molecule has 4 aromatic heterocycles. The van der Waals surface area contributed by atoms with Crippen LogP contribution in [-0.2, 0) is 40.3 Å². The molecule has 24 heteroatoms. The van der Waals surface area contributed by atoms with Crippen molar-refractivity contribution in [3.8, 4) is 16.9 Å². The lowest BCUT2D eigenvalue weighted by Crippen LogP contribution is -2.38. The van der Waals surface area contributed by atoms with Gasteiger partial charge in [0.25, 0.3) is 24.3 Å². The lowest BCUT2D eigenvalue weighted by molar-refractivity contribution is -0.123. The molecule has 348 valence electrons. The maximum absolute atomic E-state index is 15.6. The van der Waals surface area contributed by atoms with Crippen LogP contribution in [0.4, 0.5) is 40.9 Å². The number of alkyl halides is 6. The van der Waals surface area contributed by atoms with E-state index in [1.54, 1.807) is 19.1 Å². The van der Waals surface area contributed by atoms with Crippen LogP contribution >= 0.6 is 11.6 Å². The first-order valence-corrected chi connectivity index (χ1v) is 22.6. The van der Waals surface area contributed by atoms with Crippen molar-refractivity contribution in [2.75, 3.05) is 4.72 Å². The van der Waals surface area contributed by atoms with E-state index >= 15 is 13.6 Å². The predicted molar refractivity (Wildman–Crippen MR) is 226 cm³/mol. The first-order chi connectivity index (χ1) is 31.8. The van der Waals surface area contributed by atoms with Gasteiger partial charge in [-0.2, -0.15) is 29.2 Å². The standard InChI is InChI=1S/C43H33ClF8N10O4S/c1-18-2-8-28(56-55-18)20-3-6-24-29(13-20)54-41(62(42(24)64)31-9-7-27(44)35-37(31)60(16-32(47)48)58-40(35)59-67(65,66)23-4-5-23)30(12-19-10-21(45)14-22(46)11-19)53-33(63)17-61-38-34(36(57-61)39(49)50)25-15-26(25)43(38,51)52/h2-3,6-11,13-14,23,25-26,30,32,39H,4-5,12,15-17H2,1H3,(H,53,63)(H,58,59)/t25-,26+,30-/m0/s1. The maximum Gasteiger partial charge on any atom is 0.293 e. The third-order valence-corrected chi connectivity index (χ3v) is 14.2. The minimum absolute atomic E-state index is 0.0460. The average Bonchev–Trinajstić information content (AvgIpc) is 4.18. The minimum atomic E-state index is -4.09. The molecule has 4 heterocycles. The van der Waals surface area contributed by atoms with Gasteiger partial charge in [0.05, 0.1) is 55.2 Å². The molecule has 0 spiro atoms. The van der Waals surface area contributed by atoms with E-state index in [2.05, 4.69) is 30.4 Å². The van der Waals surface area contributed by atoms with Gasteiger partial charge in [0, 0.05) is 29.5 Å². The highest BCUT2D eigenvalue weighted by Crippen LogP contribution is 2.68. The molecule has 2 fully saturated rings. The number of anilines is 1. The van der Waals surface area contributed by atoms with Crippen molar-refractivity contribution in [3.63, 3.8) is 0 Å². The van der Waals surface area contributed by atoms with Gasteiger partial charge in [-0.05, 0) is 86.2 Å². The summed E-state index contributed by atoms with van der Waals surface area (Å²) in [5, 5.41) is 17.5. The Bertz CT molecular complexity index is 3340. The van der Waals surface area contributed by atoms with Gasteiger partial charge < -0.3 is 5.32 Å². The molecule has 0 unspecified atom stereocenters. The number of amides is 1. The second-order valence-corrected chi connectivity index (χ2v) is 19.1. The zero-order valence-corrected chi connectivity index (χ0v) is 36.1. The highest BCUT2D eigenvalue weighted by molar-refractivity contribution is 7.93. The molecular weight excluding hydrogens is 940 g/mol. The summed E-state index contributed by atoms with van der Waals surface area (Å²) < 4.78 is 149. The first kappa shape index (κ1) is 44.4. The van der Waals surface area contributed by atoms with Gasteiger partial charge in [-0.25, -0.2) is 39.7 Å². The summed E-state index contributed by atoms with van der Waals surface area (Å²) in [5.74, 6) is -9.84. The predicted octanol–water partition coefficient (Wildman–Crippen LogP) is 8.04. The highest BCUT2D eigenvalue weighted by atomic mass is 35.5. The van der Waals surface area contributed by atoms with Crippen LogP contribution in [0.25, 0.3) is 38.8 Å². The van der Waals surface area contributed by atoms with Gasteiger partial charge in [-0.3, -0.25) is 28.2 Å². The summed E-state index contributed by atoms with van der Waals surface area (Å²) in [4.78, 5) is 34.2. The third-order valence-electron chi connectivity index (χ3n) is 12.0. The molecule has 3 atom stereocenters. The zero-order chi connectivity index (χ0) is 47.4. The highest BCUT2D eigenvalue weighted by Gasteiger charge is 2.67. The Balaban J connectivity index is 1.19. The number of rotatable bonds is 14. The Morgan fingerprint density at radius 3 is 2.37 bits per heavy atom. The van der Waals surface area contributed by atoms with Gasteiger partial charge in [0.15, 0.2) is 5.82 Å². The number of halogens is 9. The Morgan fingerprint density at radius 2 is 1.70 bits per heavy atom. The number of carbonyl (C=O) groups is 1. The van der Waals surface area contributed by atoms with E-state index in [9.17, 15) is 39.6 Å². The van der Waals surface area contributed by atoms with Gasteiger partial charge >= 0.3 is 0 Å². The van der Waals surface area contributed by atoms with E-state index < -0.39 is 118 Å². The number of hydrogen-bond donors (Lipinski definition) is 2. The number of aromatic nitrogens is 8. The third kappa shape index (κ3) is 7.93. The molecule has 2 N–H and O–H groups in total. The van der Waals surface area contributed by atoms with E-state index in [1.165, 1.54) is 30.3 Å². The molecule has 2 saturated carbocycles. The van der Waals surface area contributed by atoms with Gasteiger partial charge in [0.1, 0.15) is 41.9 Å². The molecule has 7 aromatic rings. The SMILES string of the molecule is Cc1ccc(-c2ccc3c(=O)n(-c4ccc(Cl)c5c(NS(=O)(=O)C6CC6)nn(CC(F)F)c45)c([C@H](Cc4cc(F)cc(F)c4)NC(=O)Cn4nc(C(F)F)c5c4C(F)(F)[C@@H]4C[C@H]54)nc3c2)nn1. The number of nitrogens with zero attached hydrogens (tertiary/aromatic N) is 8. The fraction of sp³-hybridized carbons (Fsp3) is 0.326. The Hall–Kier alpha value is -6.49. The molecule has 3 aliphatic rings. The van der Waals surface area contributed by atoms with Crippen LogP contribution in [0.15, 0.2) is 65.5 Å². The molecule has 10 rings (SSSR count). The molecule has 0 radical (unpaired) electrons. The Morgan fingerprint density at radius 1 is 0.955 bits per heavy atom. The van der Waals surface area contributed by atoms with Crippen molar-refractivity contribution in [3.05, 3.63) is 122 Å². The van der Waals surface area contributed by atoms with E-state index in [0.717, 1.165) is 21.4 Å². The summed E-state index contributed by atoms with van der Waals surface area (Å²) in [6, 6.07) is 10.9. The number of hydrogen-bond acceptors (Lipinski definition) is 9. The molecule has 1 amide bonds. The largest absolute Gasteiger partial charge is 0.344 e. The number of aryl methyl sites for hydroxylation is 1. The molecule has 3 aromatic carbocycles. The van der Waals surface area contributed by atoms with Crippen LogP contribution < -0.4 is 15.6 Å². The number of benzene rings is 3. The van der Waals surface area contributed by atoms with Crippen LogP contribution in [0.5, 0.6) is 0 Å². The smallest absolute Gasteiger partial charge is 0.293 e. The van der Waals surface area contributed by atoms with Crippen molar-refractivity contribution in [1.29, 1.82) is 0 Å². The lowest BCUT2D eigenvalue weighted by Gasteiger charge is -2.24. The molecular formula is C43H33ClF8N10O4S. The van der Waals surface area contributed by atoms with Crippen molar-refractivity contribution in [2.24, 2.45) is 5.92 Å². The molecule has 14 nitrogen and oxygen atoms in total. The zero-order valence-electron chi connectivity index (χ0n) is 34.5. The normalized spacial score (nSPS) is 17.9. The second kappa shape index (κ2) is 16.1. The molecule has 0 saturated heterocycles. The molecule has 0 aliphatic heterocycles. The average molecular weight is 973 g/mol. The van der Waals surface area contributed by atoms with Crippen molar-refractivity contribution < 1.29 is 48.3 Å². The number of sulfonamides is 1. The summed E-state index contributed by atoms with van der Waals surface area (Å²) in [6.45, 7) is -0.502. The van der Waals surface area contributed by atoms with Gasteiger partial charge in [0.2, 0.25) is 15.9 Å². The second-order valence-electron chi connectivity index (χ2n) is 16.7. The lowest BCUT2D eigenvalue weighted by atomic mass is 10.0. The maximum atomic E-state index is 15.6. The van der Waals surface area contributed by atoms with Crippen LogP contribution in [0, 0.1) is 24.5 Å². The van der Waals surface area contributed by atoms with Crippen LogP contribution in [0.2, 0.25) is 5.02 Å². The van der Waals surface area contributed by atoms with Crippen molar-refractivity contribution >= 4 is 55.2 Å². The molecule has 67 heavy (non-hydrogen) atoms. The van der Waals surface area contributed by atoms with Crippen molar-refractivity contribution in [1.82, 2.24) is 44.6 Å². The van der Waals surface area contributed by atoms with Crippen LogP contribution in [0.1, 0.15) is 71.7 Å². The molecule has 3 aliphatic carbocycles. The molecule has 0 bridgehead atoms. The van der Waals surface area contributed by atoms with Crippen LogP contribution in [-0.4, -0.2) is 65.3 Å². The number of carbonyl (C=O) groups excluding carboxylic acids is 1. The van der Waals surface area contributed by atoms with Gasteiger partial charge in [-0.15, -0.1) is 0 Å². The first-order valence-electron chi connectivity index (χ1n) is 20.7.